The standard InChI is InChI=1S/C22H28ClN3O2/c1-15(16-9-7-6-8-10-16)24-20(27)18-13-17(11-12-19(18)26(4)5)25-21(28)22(2,3)14-23/h6-13,15H,14H2,1-5H3,(H,24,27)(H,25,28). The highest BCUT2D eigenvalue weighted by molar-refractivity contribution is 6.20. The van der Waals surface area contributed by atoms with Gasteiger partial charge in [0, 0.05) is 31.4 Å². The molecule has 2 N–H and O–H groups in total. The first-order chi connectivity index (χ1) is 13.2. The largest absolute Gasteiger partial charge is 0.377 e. The van der Waals surface area contributed by atoms with Gasteiger partial charge >= 0.3 is 0 Å². The predicted molar refractivity (Wildman–Crippen MR) is 116 cm³/mol. The maximum absolute atomic E-state index is 13.0. The number of hydrogen-bond acceptors (Lipinski definition) is 3. The fraction of sp³-hybridized carbons (Fsp3) is 0.364. The van der Waals surface area contributed by atoms with Crippen molar-refractivity contribution in [1.82, 2.24) is 5.32 Å². The molecule has 1 unspecified atom stereocenters. The van der Waals surface area contributed by atoms with Crippen molar-refractivity contribution in [1.29, 1.82) is 0 Å². The van der Waals surface area contributed by atoms with Crippen LogP contribution in [-0.4, -0.2) is 31.8 Å². The van der Waals surface area contributed by atoms with E-state index in [0.717, 1.165) is 11.3 Å². The number of carbonyl (C=O) groups is 2. The highest BCUT2D eigenvalue weighted by atomic mass is 35.5. The first-order valence-electron chi connectivity index (χ1n) is 9.20. The number of benzene rings is 2. The Balaban J connectivity index is 2.27. The molecule has 0 heterocycles. The van der Waals surface area contributed by atoms with Crippen molar-refractivity contribution in [2.24, 2.45) is 5.41 Å². The molecule has 0 aliphatic rings. The Morgan fingerprint density at radius 2 is 1.75 bits per heavy atom. The van der Waals surface area contributed by atoms with Crippen LogP contribution in [0.2, 0.25) is 0 Å². The Labute approximate surface area is 172 Å². The highest BCUT2D eigenvalue weighted by Crippen LogP contribution is 2.26. The molecule has 2 aromatic rings. The summed E-state index contributed by atoms with van der Waals surface area (Å²) < 4.78 is 0. The second-order valence-electron chi connectivity index (χ2n) is 7.70. The number of nitrogens with one attached hydrogen (secondary N) is 2. The molecule has 0 saturated carbocycles. The average molecular weight is 402 g/mol. The van der Waals surface area contributed by atoms with Crippen LogP contribution in [-0.2, 0) is 4.79 Å². The van der Waals surface area contributed by atoms with E-state index >= 15 is 0 Å². The third-order valence-corrected chi connectivity index (χ3v) is 5.24. The summed E-state index contributed by atoms with van der Waals surface area (Å²) in [5.41, 5.74) is 2.15. The number of nitrogens with zero attached hydrogens (tertiary/aromatic N) is 1. The number of carbonyl (C=O) groups excluding carboxylic acids is 2. The molecule has 0 bridgehead atoms. The summed E-state index contributed by atoms with van der Waals surface area (Å²) in [6, 6.07) is 14.9. The molecule has 5 nitrogen and oxygen atoms in total. The monoisotopic (exact) mass is 401 g/mol. The molecule has 0 fully saturated rings. The third kappa shape index (κ3) is 5.26. The second kappa shape index (κ2) is 9.11. The Morgan fingerprint density at radius 1 is 1.11 bits per heavy atom. The van der Waals surface area contributed by atoms with Gasteiger partial charge in [-0.05, 0) is 44.5 Å². The molecular formula is C22H28ClN3O2. The van der Waals surface area contributed by atoms with Crippen molar-refractivity contribution in [3.05, 3.63) is 59.7 Å². The van der Waals surface area contributed by atoms with Gasteiger partial charge in [0.2, 0.25) is 5.91 Å². The number of alkyl halides is 1. The summed E-state index contributed by atoms with van der Waals surface area (Å²) >= 11 is 5.89. The Kier molecular flexibility index (Phi) is 7.08. The number of hydrogen-bond donors (Lipinski definition) is 2. The summed E-state index contributed by atoms with van der Waals surface area (Å²) in [4.78, 5) is 27.3. The molecule has 1 atom stereocenters. The first kappa shape index (κ1) is 21.8. The van der Waals surface area contributed by atoms with Gasteiger partial charge in [0.25, 0.3) is 5.91 Å². The Hall–Kier alpha value is -2.53. The fourth-order valence-corrected chi connectivity index (χ4v) is 2.77. The lowest BCUT2D eigenvalue weighted by molar-refractivity contribution is -0.122. The normalized spacial score (nSPS) is 12.2. The van der Waals surface area contributed by atoms with E-state index in [9.17, 15) is 9.59 Å². The van der Waals surface area contributed by atoms with Gasteiger partial charge in [0.05, 0.1) is 17.0 Å². The Morgan fingerprint density at radius 3 is 2.32 bits per heavy atom. The fourth-order valence-electron chi connectivity index (χ4n) is 2.65. The molecule has 0 spiro atoms. The quantitative estimate of drug-likeness (QED) is 0.674. The van der Waals surface area contributed by atoms with Crippen LogP contribution < -0.4 is 15.5 Å². The van der Waals surface area contributed by atoms with Crippen LogP contribution in [0, 0.1) is 5.41 Å². The van der Waals surface area contributed by atoms with Gasteiger partial charge in [0.1, 0.15) is 0 Å². The maximum Gasteiger partial charge on any atom is 0.253 e. The van der Waals surface area contributed by atoms with E-state index in [1.807, 2.05) is 62.3 Å². The van der Waals surface area contributed by atoms with Crippen molar-refractivity contribution in [2.75, 3.05) is 30.2 Å². The molecule has 0 aliphatic carbocycles. The van der Waals surface area contributed by atoms with Gasteiger partial charge < -0.3 is 15.5 Å². The van der Waals surface area contributed by atoms with E-state index in [4.69, 9.17) is 11.6 Å². The Bertz CT molecular complexity index is 835. The van der Waals surface area contributed by atoms with Crippen LogP contribution >= 0.6 is 11.6 Å². The van der Waals surface area contributed by atoms with Crippen LogP contribution in [0.1, 0.15) is 42.7 Å². The molecule has 0 saturated heterocycles. The molecule has 2 amide bonds. The van der Waals surface area contributed by atoms with Crippen molar-refractivity contribution >= 4 is 34.8 Å². The minimum absolute atomic E-state index is 0.142. The number of halogens is 1. The maximum atomic E-state index is 13.0. The molecule has 2 aromatic carbocycles. The van der Waals surface area contributed by atoms with Crippen LogP contribution in [0.15, 0.2) is 48.5 Å². The van der Waals surface area contributed by atoms with Crippen molar-refractivity contribution in [3.63, 3.8) is 0 Å². The van der Waals surface area contributed by atoms with Crippen LogP contribution in [0.5, 0.6) is 0 Å². The van der Waals surface area contributed by atoms with Gasteiger partial charge in [-0.2, -0.15) is 0 Å². The molecule has 6 heteroatoms. The minimum atomic E-state index is -0.702. The predicted octanol–water partition coefficient (Wildman–Crippen LogP) is 4.45. The summed E-state index contributed by atoms with van der Waals surface area (Å²) in [6.07, 6.45) is 0. The lowest BCUT2D eigenvalue weighted by Gasteiger charge is -2.23. The zero-order valence-electron chi connectivity index (χ0n) is 17.0. The number of anilines is 2. The van der Waals surface area contributed by atoms with E-state index in [1.54, 1.807) is 26.0 Å². The molecule has 0 aliphatic heterocycles. The number of amides is 2. The van der Waals surface area contributed by atoms with E-state index in [0.29, 0.717) is 11.3 Å². The van der Waals surface area contributed by atoms with Gasteiger partial charge in [-0.1, -0.05) is 30.3 Å². The van der Waals surface area contributed by atoms with Crippen molar-refractivity contribution < 1.29 is 9.59 Å². The van der Waals surface area contributed by atoms with E-state index in [2.05, 4.69) is 10.6 Å². The molecule has 0 radical (unpaired) electrons. The minimum Gasteiger partial charge on any atom is -0.377 e. The molecular weight excluding hydrogens is 374 g/mol. The van der Waals surface area contributed by atoms with Crippen molar-refractivity contribution in [2.45, 2.75) is 26.8 Å². The lowest BCUT2D eigenvalue weighted by Crippen LogP contribution is -2.32. The summed E-state index contributed by atoms with van der Waals surface area (Å²) in [5.74, 6) is -0.187. The molecule has 28 heavy (non-hydrogen) atoms. The lowest BCUT2D eigenvalue weighted by atomic mass is 9.95. The zero-order valence-corrected chi connectivity index (χ0v) is 17.8. The summed E-state index contributed by atoms with van der Waals surface area (Å²) in [7, 11) is 3.75. The van der Waals surface area contributed by atoms with Crippen molar-refractivity contribution in [3.8, 4) is 0 Å². The van der Waals surface area contributed by atoms with Crippen LogP contribution in [0.25, 0.3) is 0 Å². The number of rotatable bonds is 7. The summed E-state index contributed by atoms with van der Waals surface area (Å²) in [6.45, 7) is 5.49. The summed E-state index contributed by atoms with van der Waals surface area (Å²) in [5, 5.41) is 5.89. The van der Waals surface area contributed by atoms with Crippen LogP contribution in [0.3, 0.4) is 0 Å². The van der Waals surface area contributed by atoms with Gasteiger partial charge in [0.15, 0.2) is 0 Å². The first-order valence-corrected chi connectivity index (χ1v) is 9.74. The molecule has 0 aromatic heterocycles. The molecule has 150 valence electrons. The van der Waals surface area contributed by atoms with Gasteiger partial charge in [-0.3, -0.25) is 9.59 Å². The highest BCUT2D eigenvalue weighted by Gasteiger charge is 2.27. The zero-order chi connectivity index (χ0) is 20.9. The van der Waals surface area contributed by atoms with E-state index in [-0.39, 0.29) is 23.7 Å². The van der Waals surface area contributed by atoms with Gasteiger partial charge in [-0.25, -0.2) is 0 Å². The topological polar surface area (TPSA) is 61.4 Å². The second-order valence-corrected chi connectivity index (χ2v) is 7.97. The third-order valence-electron chi connectivity index (χ3n) is 4.58. The van der Waals surface area contributed by atoms with Crippen LogP contribution in [0.4, 0.5) is 11.4 Å². The average Bonchev–Trinajstić information content (AvgIpc) is 2.68. The molecule has 2 rings (SSSR count). The van der Waals surface area contributed by atoms with E-state index < -0.39 is 5.41 Å². The van der Waals surface area contributed by atoms with Gasteiger partial charge in [-0.15, -0.1) is 11.6 Å². The SMILES string of the molecule is CC(NC(=O)c1cc(NC(=O)C(C)(C)CCl)ccc1N(C)C)c1ccccc1. The van der Waals surface area contributed by atoms with E-state index in [1.165, 1.54) is 0 Å². The smallest absolute Gasteiger partial charge is 0.253 e.